The molecule has 5 rings (SSSR count). The minimum atomic E-state index is -2.08. The minimum absolute atomic E-state index is 0.0445. The Bertz CT molecular complexity index is 1510. The first-order valence-electron chi connectivity index (χ1n) is 14.7. The summed E-state index contributed by atoms with van der Waals surface area (Å²) in [5.41, 5.74) is 1.72. The van der Waals surface area contributed by atoms with Gasteiger partial charge in [-0.1, -0.05) is 39.0 Å². The largest absolute Gasteiger partial charge is 0.444 e. The first-order chi connectivity index (χ1) is 19.5. The fraction of sp³-hybridized carbons (Fsp3) is 0.531. The van der Waals surface area contributed by atoms with Gasteiger partial charge >= 0.3 is 6.09 Å². The summed E-state index contributed by atoms with van der Waals surface area (Å²) in [5.74, 6) is -0.128. The van der Waals surface area contributed by atoms with Gasteiger partial charge in [-0.15, -0.1) is 0 Å². The summed E-state index contributed by atoms with van der Waals surface area (Å²) >= 11 is 0. The highest BCUT2D eigenvalue weighted by Gasteiger charge is 2.44. The van der Waals surface area contributed by atoms with E-state index >= 15 is 0 Å². The first-order valence-corrected chi connectivity index (χ1v) is 17.6. The molecule has 1 atom stereocenters. The number of nitrogens with zero attached hydrogens (tertiary/aromatic N) is 3. The van der Waals surface area contributed by atoms with E-state index in [0.717, 1.165) is 22.0 Å². The molecule has 2 aliphatic heterocycles. The zero-order valence-electron chi connectivity index (χ0n) is 26.1. The van der Waals surface area contributed by atoms with Gasteiger partial charge in [0, 0.05) is 41.5 Å². The van der Waals surface area contributed by atoms with Crippen molar-refractivity contribution in [3.05, 3.63) is 59.4 Å². The monoisotopic (exact) mass is 592 g/mol. The molecule has 3 heterocycles. The number of hydrogen-bond donors (Lipinski definition) is 2. The molecule has 0 aliphatic carbocycles. The van der Waals surface area contributed by atoms with E-state index in [4.69, 9.17) is 14.3 Å². The van der Waals surface area contributed by atoms with Crippen LogP contribution in [-0.4, -0.2) is 65.4 Å². The third-order valence-electron chi connectivity index (χ3n) is 9.12. The van der Waals surface area contributed by atoms with Gasteiger partial charge in [0.05, 0.1) is 18.3 Å². The third kappa shape index (κ3) is 5.59. The molecule has 3 aromatic rings. The van der Waals surface area contributed by atoms with Gasteiger partial charge in [0.25, 0.3) is 5.91 Å². The molecule has 1 unspecified atom stereocenters. The number of nitrogens with one attached hydrogen (secondary N) is 1. The number of ether oxygens (including phenoxy) is 1. The van der Waals surface area contributed by atoms with Gasteiger partial charge in [-0.3, -0.25) is 9.48 Å². The predicted molar refractivity (Wildman–Crippen MR) is 166 cm³/mol. The molecule has 0 spiro atoms. The van der Waals surface area contributed by atoms with E-state index < -0.39 is 25.6 Å². The highest BCUT2D eigenvalue weighted by molar-refractivity contribution is 6.74. The van der Waals surface area contributed by atoms with E-state index in [9.17, 15) is 14.7 Å². The van der Waals surface area contributed by atoms with Crippen molar-refractivity contribution in [2.45, 2.75) is 89.8 Å². The number of aliphatic hydroxyl groups is 1. The zero-order chi connectivity index (χ0) is 30.7. The Morgan fingerprint density at radius 1 is 1.12 bits per heavy atom. The number of amides is 2. The van der Waals surface area contributed by atoms with Crippen molar-refractivity contribution < 1.29 is 23.9 Å². The molecular formula is C32H44N4O5Si. The smallest absolute Gasteiger partial charge is 0.410 e. The molecule has 10 heteroatoms. The van der Waals surface area contributed by atoms with E-state index in [1.54, 1.807) is 17.2 Å². The average Bonchev–Trinajstić information content (AvgIpc) is 3.53. The Hall–Kier alpha value is -3.21. The molecule has 9 nitrogen and oxygen atoms in total. The number of piperidine rings is 1. The maximum atomic E-state index is 12.8. The van der Waals surface area contributed by atoms with Crippen LogP contribution in [0.4, 0.5) is 10.5 Å². The highest BCUT2D eigenvalue weighted by Crippen LogP contribution is 2.41. The fourth-order valence-corrected chi connectivity index (χ4v) is 6.53. The summed E-state index contributed by atoms with van der Waals surface area (Å²) in [6, 6.07) is 9.30. The minimum Gasteiger partial charge on any atom is -0.444 e. The molecule has 1 saturated heterocycles. The SMILES string of the molecule is CC(C)(C)OC(=O)N1CCC(CO[Si](C)(C)C(C)(C)C)(n2cc(C(O)c3ccc4c5c(cccc35)C(=O)N4)cn2)CC1. The number of aliphatic hydroxyl groups excluding tert-OH is 1. The van der Waals surface area contributed by atoms with E-state index in [1.807, 2.05) is 55.9 Å². The van der Waals surface area contributed by atoms with Crippen molar-refractivity contribution in [2.24, 2.45) is 0 Å². The second kappa shape index (κ2) is 10.5. The van der Waals surface area contributed by atoms with Crippen molar-refractivity contribution in [2.75, 3.05) is 25.0 Å². The number of anilines is 1. The summed E-state index contributed by atoms with van der Waals surface area (Å²) in [7, 11) is -2.08. The number of benzene rings is 2. The van der Waals surface area contributed by atoms with Crippen LogP contribution in [0.1, 0.15) is 82.0 Å². The number of rotatable bonds is 6. The van der Waals surface area contributed by atoms with Gasteiger partial charge in [-0.05, 0) is 74.8 Å². The Morgan fingerprint density at radius 2 is 1.81 bits per heavy atom. The normalized spacial score (nSPS) is 17.8. The van der Waals surface area contributed by atoms with Gasteiger partial charge < -0.3 is 24.5 Å². The van der Waals surface area contributed by atoms with Gasteiger partial charge in [0.1, 0.15) is 11.7 Å². The lowest BCUT2D eigenvalue weighted by atomic mass is 9.88. The van der Waals surface area contributed by atoms with Gasteiger partial charge in [-0.25, -0.2) is 4.79 Å². The number of carbonyl (C=O) groups excluding carboxylic acids is 2. The first kappa shape index (κ1) is 30.3. The van der Waals surface area contributed by atoms with Crippen molar-refractivity contribution in [1.82, 2.24) is 14.7 Å². The van der Waals surface area contributed by atoms with Crippen LogP contribution in [0.2, 0.25) is 18.1 Å². The molecule has 2 amide bonds. The molecule has 42 heavy (non-hydrogen) atoms. The molecule has 2 aliphatic rings. The molecular weight excluding hydrogens is 548 g/mol. The summed E-state index contributed by atoms with van der Waals surface area (Å²) in [6.45, 7) is 18.3. The average molecular weight is 593 g/mol. The van der Waals surface area contributed by atoms with Crippen LogP contribution in [0, 0.1) is 0 Å². The van der Waals surface area contributed by atoms with Crippen molar-refractivity contribution >= 4 is 36.8 Å². The van der Waals surface area contributed by atoms with Crippen LogP contribution < -0.4 is 5.32 Å². The number of likely N-dealkylation sites (tertiary alicyclic amines) is 1. The van der Waals surface area contributed by atoms with Crippen LogP contribution in [-0.2, 0) is 14.7 Å². The second-order valence-electron chi connectivity index (χ2n) is 14.2. The van der Waals surface area contributed by atoms with Crippen LogP contribution >= 0.6 is 0 Å². The molecule has 1 fully saturated rings. The van der Waals surface area contributed by atoms with E-state index in [0.29, 0.717) is 43.7 Å². The summed E-state index contributed by atoms with van der Waals surface area (Å²) in [4.78, 5) is 27.0. The lowest BCUT2D eigenvalue weighted by Crippen LogP contribution is -2.53. The van der Waals surface area contributed by atoms with Gasteiger partial charge in [0.15, 0.2) is 8.32 Å². The van der Waals surface area contributed by atoms with Crippen LogP contribution in [0.5, 0.6) is 0 Å². The molecule has 2 N–H and O–H groups in total. The topological polar surface area (TPSA) is 106 Å². The lowest BCUT2D eigenvalue weighted by molar-refractivity contribution is 0.00141. The molecule has 0 bridgehead atoms. The fourth-order valence-electron chi connectivity index (χ4n) is 5.47. The Balaban J connectivity index is 1.44. The summed E-state index contributed by atoms with van der Waals surface area (Å²) < 4.78 is 14.3. The van der Waals surface area contributed by atoms with Crippen LogP contribution in [0.25, 0.3) is 10.8 Å². The number of hydrogen-bond acceptors (Lipinski definition) is 6. The van der Waals surface area contributed by atoms with Crippen molar-refractivity contribution in [1.29, 1.82) is 0 Å². The predicted octanol–water partition coefficient (Wildman–Crippen LogP) is 6.43. The molecule has 0 radical (unpaired) electrons. The summed E-state index contributed by atoms with van der Waals surface area (Å²) in [5, 5.41) is 21.0. The van der Waals surface area contributed by atoms with E-state index in [1.165, 1.54) is 0 Å². The van der Waals surface area contributed by atoms with Gasteiger partial charge in [0.2, 0.25) is 0 Å². The molecule has 2 aromatic carbocycles. The maximum absolute atomic E-state index is 12.8. The summed E-state index contributed by atoms with van der Waals surface area (Å²) in [6.07, 6.45) is 3.68. The quantitative estimate of drug-likeness (QED) is 0.320. The van der Waals surface area contributed by atoms with Gasteiger partial charge in [-0.2, -0.15) is 5.10 Å². The van der Waals surface area contributed by atoms with E-state index in [2.05, 4.69) is 39.2 Å². The Kier molecular flexibility index (Phi) is 7.56. The number of carbonyl (C=O) groups is 2. The Morgan fingerprint density at radius 3 is 2.45 bits per heavy atom. The molecule has 226 valence electrons. The van der Waals surface area contributed by atoms with E-state index in [-0.39, 0.29) is 17.0 Å². The third-order valence-corrected chi connectivity index (χ3v) is 13.6. The highest BCUT2D eigenvalue weighted by atomic mass is 28.4. The molecule has 0 saturated carbocycles. The van der Waals surface area contributed by atoms with Crippen LogP contribution in [0.15, 0.2) is 42.7 Å². The standard InChI is InChI=1S/C32H44N4O5Si/c1-30(2,3)41-29(39)35-16-14-32(15-17-35,20-40-42(7,8)31(4,5)6)36-19-21(18-33-36)27(37)23-12-13-25-26-22(23)10-9-11-24(26)28(38)34-25/h9-13,18-19,27,37H,14-17,20H2,1-8H3,(H,34,38). The van der Waals surface area contributed by atoms with Crippen LogP contribution in [0.3, 0.4) is 0 Å². The lowest BCUT2D eigenvalue weighted by Gasteiger charge is -2.45. The molecule has 1 aromatic heterocycles. The van der Waals surface area contributed by atoms with Crippen molar-refractivity contribution in [3.8, 4) is 0 Å². The number of aromatic nitrogens is 2. The Labute approximate surface area is 249 Å². The second-order valence-corrected chi connectivity index (χ2v) is 19.1. The van der Waals surface area contributed by atoms with Crippen molar-refractivity contribution in [3.63, 3.8) is 0 Å². The maximum Gasteiger partial charge on any atom is 0.410 e. The zero-order valence-corrected chi connectivity index (χ0v) is 27.1.